The fourth-order valence-corrected chi connectivity index (χ4v) is 3.34. The van der Waals surface area contributed by atoms with E-state index in [1.54, 1.807) is 0 Å². The molecule has 3 rings (SSSR count). The number of halogens is 1. The van der Waals surface area contributed by atoms with E-state index in [9.17, 15) is 0 Å². The highest BCUT2D eigenvalue weighted by Crippen LogP contribution is 2.37. The molecular formula is C15H15BrO. The van der Waals surface area contributed by atoms with E-state index >= 15 is 0 Å². The van der Waals surface area contributed by atoms with Gasteiger partial charge in [-0.05, 0) is 29.2 Å². The van der Waals surface area contributed by atoms with Gasteiger partial charge in [-0.3, -0.25) is 0 Å². The average Bonchev–Trinajstić information content (AvgIpc) is 2.91. The van der Waals surface area contributed by atoms with Gasteiger partial charge in [0.05, 0.1) is 10.9 Å². The van der Waals surface area contributed by atoms with Crippen LogP contribution in [0.1, 0.15) is 23.2 Å². The van der Waals surface area contributed by atoms with Crippen molar-refractivity contribution < 1.29 is 4.74 Å². The van der Waals surface area contributed by atoms with Gasteiger partial charge in [-0.2, -0.15) is 0 Å². The van der Waals surface area contributed by atoms with Crippen molar-refractivity contribution in [1.29, 1.82) is 0 Å². The topological polar surface area (TPSA) is 9.23 Å². The third-order valence-corrected chi connectivity index (χ3v) is 4.49. The predicted octanol–water partition coefficient (Wildman–Crippen LogP) is 4.45. The highest BCUT2D eigenvalue weighted by Gasteiger charge is 2.25. The van der Waals surface area contributed by atoms with Crippen molar-refractivity contribution in [2.75, 3.05) is 6.61 Å². The quantitative estimate of drug-likeness (QED) is 0.742. The molecule has 0 spiro atoms. The van der Waals surface area contributed by atoms with Crippen LogP contribution in [0.15, 0.2) is 42.5 Å². The minimum Gasteiger partial charge on any atom is -0.377 e. The molecule has 0 aromatic heterocycles. The summed E-state index contributed by atoms with van der Waals surface area (Å²) in [6.07, 6.45) is 2.65. The Balaban J connectivity index is 2.04. The molecule has 1 saturated heterocycles. The summed E-state index contributed by atoms with van der Waals surface area (Å²) in [5.74, 6) is 0. The smallest absolute Gasteiger partial charge is 0.0742 e. The highest BCUT2D eigenvalue weighted by molar-refractivity contribution is 9.09. The summed E-state index contributed by atoms with van der Waals surface area (Å²) in [5, 5.41) is 2.62. The molecule has 0 N–H and O–H groups in total. The summed E-state index contributed by atoms with van der Waals surface area (Å²) in [4.78, 5) is 0.302. The van der Waals surface area contributed by atoms with Crippen LogP contribution in [0, 0.1) is 0 Å². The maximum atomic E-state index is 5.77. The van der Waals surface area contributed by atoms with E-state index in [-0.39, 0.29) is 0 Å². The van der Waals surface area contributed by atoms with Gasteiger partial charge in [0, 0.05) is 6.61 Å². The zero-order valence-electron chi connectivity index (χ0n) is 9.60. The lowest BCUT2D eigenvalue weighted by Crippen LogP contribution is -2.12. The largest absolute Gasteiger partial charge is 0.377 e. The van der Waals surface area contributed by atoms with Crippen molar-refractivity contribution in [2.24, 2.45) is 0 Å². The Bertz CT molecular complexity index is 512. The Morgan fingerprint density at radius 2 is 1.94 bits per heavy atom. The number of alkyl halides is 1. The number of ether oxygens (including phenoxy) is 1. The molecule has 1 heterocycles. The number of fused-ring (bicyclic) bond motifs is 1. The number of rotatable bonds is 2. The number of hydrogen-bond acceptors (Lipinski definition) is 1. The van der Waals surface area contributed by atoms with Crippen LogP contribution < -0.4 is 0 Å². The molecule has 2 aromatic rings. The maximum Gasteiger partial charge on any atom is 0.0742 e. The monoisotopic (exact) mass is 290 g/mol. The Labute approximate surface area is 110 Å². The lowest BCUT2D eigenvalue weighted by atomic mass is 9.99. The highest BCUT2D eigenvalue weighted by atomic mass is 79.9. The van der Waals surface area contributed by atoms with Crippen molar-refractivity contribution in [1.82, 2.24) is 0 Å². The summed E-state index contributed by atoms with van der Waals surface area (Å²) in [5.41, 5.74) is 1.34. The number of benzene rings is 2. The molecule has 1 fully saturated rings. The first-order valence-corrected chi connectivity index (χ1v) is 7.01. The van der Waals surface area contributed by atoms with E-state index in [0.717, 1.165) is 13.0 Å². The average molecular weight is 291 g/mol. The fraction of sp³-hybridized carbons (Fsp3) is 0.333. The van der Waals surface area contributed by atoms with Crippen molar-refractivity contribution in [2.45, 2.75) is 23.8 Å². The van der Waals surface area contributed by atoms with Gasteiger partial charge in [-0.15, -0.1) is 0 Å². The van der Waals surface area contributed by atoms with Gasteiger partial charge >= 0.3 is 0 Å². The van der Waals surface area contributed by atoms with Gasteiger partial charge in [-0.1, -0.05) is 58.4 Å². The van der Waals surface area contributed by atoms with Crippen LogP contribution in [-0.2, 0) is 4.74 Å². The standard InChI is InChI=1S/C15H15BrO/c16-15(14-9-4-10-17-14)13-8-3-6-11-5-1-2-7-12(11)13/h1-3,5-8,14-15H,4,9-10H2. The van der Waals surface area contributed by atoms with Crippen molar-refractivity contribution >= 4 is 26.7 Å². The minimum absolute atomic E-state index is 0.302. The second-order valence-corrected chi connectivity index (χ2v) is 5.51. The number of hydrogen-bond donors (Lipinski definition) is 0. The lowest BCUT2D eigenvalue weighted by Gasteiger charge is -2.19. The van der Waals surface area contributed by atoms with Gasteiger partial charge in [0.1, 0.15) is 0 Å². The molecule has 0 aliphatic carbocycles. The summed E-state index contributed by atoms with van der Waals surface area (Å²) in [7, 11) is 0. The fourth-order valence-electron chi connectivity index (χ4n) is 2.52. The molecule has 88 valence electrons. The second kappa shape index (κ2) is 4.79. The molecule has 2 heteroatoms. The first-order valence-electron chi connectivity index (χ1n) is 6.09. The van der Waals surface area contributed by atoms with Crippen LogP contribution in [0.2, 0.25) is 0 Å². The molecule has 0 radical (unpaired) electrons. The van der Waals surface area contributed by atoms with Crippen molar-refractivity contribution in [3.63, 3.8) is 0 Å². The molecule has 2 atom stereocenters. The molecule has 2 unspecified atom stereocenters. The normalized spacial score (nSPS) is 21.8. The molecule has 1 aliphatic rings. The first-order chi connectivity index (χ1) is 8.36. The summed E-state index contributed by atoms with van der Waals surface area (Å²) in [6, 6.07) is 15.0. The summed E-state index contributed by atoms with van der Waals surface area (Å²) < 4.78 is 5.77. The Morgan fingerprint density at radius 3 is 2.76 bits per heavy atom. The maximum absolute atomic E-state index is 5.77. The Morgan fingerprint density at radius 1 is 1.12 bits per heavy atom. The van der Waals surface area contributed by atoms with E-state index in [1.165, 1.54) is 22.8 Å². The molecular weight excluding hydrogens is 276 g/mol. The molecule has 2 aromatic carbocycles. The van der Waals surface area contributed by atoms with Gasteiger partial charge in [0.25, 0.3) is 0 Å². The Kier molecular flexibility index (Phi) is 3.17. The Hall–Kier alpha value is -0.860. The van der Waals surface area contributed by atoms with Gasteiger partial charge in [-0.25, -0.2) is 0 Å². The van der Waals surface area contributed by atoms with E-state index < -0.39 is 0 Å². The zero-order chi connectivity index (χ0) is 11.7. The van der Waals surface area contributed by atoms with Crippen molar-refractivity contribution in [3.8, 4) is 0 Å². The van der Waals surface area contributed by atoms with E-state index in [2.05, 4.69) is 58.4 Å². The molecule has 0 amide bonds. The van der Waals surface area contributed by atoms with Gasteiger partial charge in [0.2, 0.25) is 0 Å². The van der Waals surface area contributed by atoms with E-state index in [4.69, 9.17) is 4.74 Å². The second-order valence-electron chi connectivity index (χ2n) is 4.52. The first kappa shape index (κ1) is 11.2. The SMILES string of the molecule is BrC(c1cccc2ccccc12)C1CCCO1. The van der Waals surface area contributed by atoms with Crippen molar-refractivity contribution in [3.05, 3.63) is 48.0 Å². The van der Waals surface area contributed by atoms with E-state index in [1.807, 2.05) is 0 Å². The predicted molar refractivity (Wildman–Crippen MR) is 74.6 cm³/mol. The molecule has 1 aliphatic heterocycles. The summed E-state index contributed by atoms with van der Waals surface area (Å²) >= 11 is 3.81. The van der Waals surface area contributed by atoms with Crippen LogP contribution in [0.3, 0.4) is 0 Å². The third-order valence-electron chi connectivity index (χ3n) is 3.41. The molecule has 0 bridgehead atoms. The molecule has 0 saturated carbocycles. The van der Waals surface area contributed by atoms with Crippen LogP contribution >= 0.6 is 15.9 Å². The van der Waals surface area contributed by atoms with Gasteiger partial charge in [0.15, 0.2) is 0 Å². The lowest BCUT2D eigenvalue weighted by molar-refractivity contribution is 0.111. The third kappa shape index (κ3) is 2.12. The van der Waals surface area contributed by atoms with E-state index in [0.29, 0.717) is 10.9 Å². The molecule has 17 heavy (non-hydrogen) atoms. The van der Waals surface area contributed by atoms with Crippen LogP contribution in [0.25, 0.3) is 10.8 Å². The zero-order valence-corrected chi connectivity index (χ0v) is 11.2. The molecule has 1 nitrogen and oxygen atoms in total. The minimum atomic E-state index is 0.302. The van der Waals surface area contributed by atoms with Crippen LogP contribution in [-0.4, -0.2) is 12.7 Å². The van der Waals surface area contributed by atoms with Crippen LogP contribution in [0.4, 0.5) is 0 Å². The summed E-state index contributed by atoms with van der Waals surface area (Å²) in [6.45, 7) is 0.900. The van der Waals surface area contributed by atoms with Crippen LogP contribution in [0.5, 0.6) is 0 Å². The van der Waals surface area contributed by atoms with Gasteiger partial charge < -0.3 is 4.74 Å².